The molecule has 1 saturated carbocycles. The van der Waals surface area contributed by atoms with Crippen molar-refractivity contribution in [3.63, 3.8) is 0 Å². The smallest absolute Gasteiger partial charge is 0.341 e. The third-order valence-electron chi connectivity index (χ3n) is 3.89. The zero-order chi connectivity index (χ0) is 17.0. The number of carboxylic acids is 1. The predicted octanol–water partition coefficient (Wildman–Crippen LogP) is 2.52. The SMILES string of the molecule is CN(C)c1c(F)c(F)c(F)c2c1c(=O)c(C(=O)O)cn2C1CC1. The molecule has 0 bridgehead atoms. The first-order valence-electron chi connectivity index (χ1n) is 6.91. The maximum absolute atomic E-state index is 14.3. The lowest BCUT2D eigenvalue weighted by Gasteiger charge is -2.20. The first-order valence-corrected chi connectivity index (χ1v) is 6.91. The van der Waals surface area contributed by atoms with Crippen molar-refractivity contribution in [1.82, 2.24) is 4.57 Å². The highest BCUT2D eigenvalue weighted by Gasteiger charge is 2.32. The van der Waals surface area contributed by atoms with E-state index in [1.807, 2.05) is 0 Å². The van der Waals surface area contributed by atoms with E-state index in [2.05, 4.69) is 0 Å². The Kier molecular flexibility index (Phi) is 3.35. The molecule has 122 valence electrons. The Labute approximate surface area is 128 Å². The van der Waals surface area contributed by atoms with Gasteiger partial charge >= 0.3 is 5.97 Å². The molecule has 1 aromatic heterocycles. The molecule has 1 N–H and O–H groups in total. The van der Waals surface area contributed by atoms with Gasteiger partial charge in [0, 0.05) is 26.3 Å². The molecule has 1 aromatic carbocycles. The Morgan fingerprint density at radius 2 is 1.83 bits per heavy atom. The number of benzene rings is 1. The number of halogens is 3. The molecule has 0 unspecified atom stereocenters. The first kappa shape index (κ1) is 15.4. The average Bonchev–Trinajstić information content (AvgIpc) is 3.29. The standard InChI is InChI=1S/C15H13F3N2O3/c1-19(2)12-8-13(11(18)9(16)10(12)17)20(6-3-4-6)5-7(14(8)21)15(22)23/h5-6H,3-4H2,1-2H3,(H,22,23). The summed E-state index contributed by atoms with van der Waals surface area (Å²) in [6.45, 7) is 0. The van der Waals surface area contributed by atoms with Crippen LogP contribution in [-0.2, 0) is 0 Å². The van der Waals surface area contributed by atoms with Crippen LogP contribution in [0, 0.1) is 17.5 Å². The number of anilines is 1. The van der Waals surface area contributed by atoms with Gasteiger partial charge in [0.2, 0.25) is 5.43 Å². The molecule has 1 aliphatic rings. The lowest BCUT2D eigenvalue weighted by Crippen LogP contribution is -2.24. The Bertz CT molecular complexity index is 901. The number of nitrogens with zero attached hydrogens (tertiary/aromatic N) is 2. The van der Waals surface area contributed by atoms with E-state index in [0.29, 0.717) is 12.8 Å². The lowest BCUT2D eigenvalue weighted by molar-refractivity contribution is 0.0695. The van der Waals surface area contributed by atoms with Gasteiger partial charge in [-0.05, 0) is 12.8 Å². The summed E-state index contributed by atoms with van der Waals surface area (Å²) in [5.74, 6) is -6.18. The van der Waals surface area contributed by atoms with Crippen molar-refractivity contribution in [1.29, 1.82) is 0 Å². The molecule has 8 heteroatoms. The minimum atomic E-state index is -1.68. The molecule has 1 fully saturated rings. The van der Waals surface area contributed by atoms with Gasteiger partial charge in [0.1, 0.15) is 5.56 Å². The van der Waals surface area contributed by atoms with E-state index in [1.54, 1.807) is 0 Å². The number of fused-ring (bicyclic) bond motifs is 1. The number of rotatable bonds is 3. The first-order chi connectivity index (χ1) is 10.8. The van der Waals surface area contributed by atoms with Gasteiger partial charge in [-0.3, -0.25) is 4.79 Å². The Morgan fingerprint density at radius 1 is 1.22 bits per heavy atom. The lowest BCUT2D eigenvalue weighted by atomic mass is 10.1. The van der Waals surface area contributed by atoms with Crippen LogP contribution < -0.4 is 10.3 Å². The molecule has 0 aliphatic heterocycles. The van der Waals surface area contributed by atoms with Crippen molar-refractivity contribution in [3.05, 3.63) is 39.4 Å². The highest BCUT2D eigenvalue weighted by Crippen LogP contribution is 2.40. The normalized spacial score (nSPS) is 14.3. The van der Waals surface area contributed by atoms with E-state index in [9.17, 15) is 27.9 Å². The maximum atomic E-state index is 14.3. The summed E-state index contributed by atoms with van der Waals surface area (Å²) in [5.41, 5.74) is -2.49. The van der Waals surface area contributed by atoms with Crippen LogP contribution in [0.3, 0.4) is 0 Å². The monoisotopic (exact) mass is 326 g/mol. The molecule has 3 rings (SSSR count). The van der Waals surface area contributed by atoms with Crippen LogP contribution in [0.4, 0.5) is 18.9 Å². The molecule has 1 heterocycles. The quantitative estimate of drug-likeness (QED) is 0.881. The fourth-order valence-corrected chi connectivity index (χ4v) is 2.70. The second-order valence-electron chi connectivity index (χ2n) is 5.72. The van der Waals surface area contributed by atoms with Gasteiger partial charge in [0.25, 0.3) is 0 Å². The molecule has 0 atom stereocenters. The number of aromatic nitrogens is 1. The minimum Gasteiger partial charge on any atom is -0.477 e. The number of hydrogen-bond donors (Lipinski definition) is 1. The summed E-state index contributed by atoms with van der Waals surface area (Å²) in [6, 6.07) is -0.231. The second kappa shape index (κ2) is 5.00. The molecule has 23 heavy (non-hydrogen) atoms. The summed E-state index contributed by atoms with van der Waals surface area (Å²) in [6.07, 6.45) is 2.30. The molecule has 5 nitrogen and oxygen atoms in total. The molecule has 0 amide bonds. The summed E-state index contributed by atoms with van der Waals surface area (Å²) in [7, 11) is 2.73. The highest BCUT2D eigenvalue weighted by atomic mass is 19.2. The highest BCUT2D eigenvalue weighted by molar-refractivity contribution is 5.98. The van der Waals surface area contributed by atoms with E-state index < -0.39 is 51.0 Å². The zero-order valence-electron chi connectivity index (χ0n) is 12.4. The number of aromatic carboxylic acids is 1. The molecular formula is C15H13F3N2O3. The van der Waals surface area contributed by atoms with Gasteiger partial charge in [0.15, 0.2) is 17.5 Å². The van der Waals surface area contributed by atoms with E-state index in [4.69, 9.17) is 0 Å². The number of carbonyl (C=O) groups is 1. The van der Waals surface area contributed by atoms with Crippen molar-refractivity contribution < 1.29 is 23.1 Å². The van der Waals surface area contributed by atoms with Crippen LogP contribution in [-0.4, -0.2) is 29.7 Å². The van der Waals surface area contributed by atoms with E-state index in [0.717, 1.165) is 11.1 Å². The van der Waals surface area contributed by atoms with Gasteiger partial charge in [-0.15, -0.1) is 0 Å². The summed E-state index contributed by atoms with van der Waals surface area (Å²) >= 11 is 0. The number of carboxylic acid groups (broad SMARTS) is 1. The van der Waals surface area contributed by atoms with Crippen molar-refractivity contribution in [3.8, 4) is 0 Å². The summed E-state index contributed by atoms with van der Waals surface area (Å²) in [4.78, 5) is 24.8. The van der Waals surface area contributed by atoms with Gasteiger partial charge in [0.05, 0.1) is 16.6 Å². The van der Waals surface area contributed by atoms with Crippen LogP contribution in [0.1, 0.15) is 29.2 Å². The molecule has 0 spiro atoms. The maximum Gasteiger partial charge on any atom is 0.341 e. The molecule has 0 radical (unpaired) electrons. The topological polar surface area (TPSA) is 62.5 Å². The fourth-order valence-electron chi connectivity index (χ4n) is 2.70. The fraction of sp³-hybridized carbons (Fsp3) is 0.333. The predicted molar refractivity (Wildman–Crippen MR) is 77.6 cm³/mol. The molecule has 2 aromatic rings. The van der Waals surface area contributed by atoms with Crippen LogP contribution in [0.5, 0.6) is 0 Å². The zero-order valence-corrected chi connectivity index (χ0v) is 12.4. The van der Waals surface area contributed by atoms with Crippen molar-refractivity contribution in [2.24, 2.45) is 0 Å². The molecule has 0 saturated heterocycles. The second-order valence-corrected chi connectivity index (χ2v) is 5.72. The van der Waals surface area contributed by atoms with Crippen LogP contribution >= 0.6 is 0 Å². The Balaban J connectivity index is 2.62. The van der Waals surface area contributed by atoms with Crippen LogP contribution in [0.25, 0.3) is 10.9 Å². The molecule has 1 aliphatic carbocycles. The van der Waals surface area contributed by atoms with Crippen molar-refractivity contribution >= 4 is 22.6 Å². The number of pyridine rings is 1. The van der Waals surface area contributed by atoms with Gasteiger partial charge in [-0.2, -0.15) is 0 Å². The minimum absolute atomic E-state index is 0.231. The van der Waals surface area contributed by atoms with Crippen molar-refractivity contribution in [2.75, 3.05) is 19.0 Å². The summed E-state index contributed by atoms with van der Waals surface area (Å²) < 4.78 is 43.6. The average molecular weight is 326 g/mol. The van der Waals surface area contributed by atoms with Gasteiger partial charge in [-0.25, -0.2) is 18.0 Å². The van der Waals surface area contributed by atoms with E-state index in [-0.39, 0.29) is 6.04 Å². The Morgan fingerprint density at radius 3 is 2.30 bits per heavy atom. The van der Waals surface area contributed by atoms with Gasteiger partial charge < -0.3 is 14.6 Å². The number of hydrogen-bond acceptors (Lipinski definition) is 3. The van der Waals surface area contributed by atoms with Crippen molar-refractivity contribution in [2.45, 2.75) is 18.9 Å². The largest absolute Gasteiger partial charge is 0.477 e. The Hall–Kier alpha value is -2.51. The van der Waals surface area contributed by atoms with Crippen LogP contribution in [0.2, 0.25) is 0 Å². The van der Waals surface area contributed by atoms with E-state index in [1.165, 1.54) is 18.7 Å². The van der Waals surface area contributed by atoms with Crippen LogP contribution in [0.15, 0.2) is 11.0 Å². The molecular weight excluding hydrogens is 313 g/mol. The third-order valence-corrected chi connectivity index (χ3v) is 3.89. The van der Waals surface area contributed by atoms with Gasteiger partial charge in [-0.1, -0.05) is 0 Å². The summed E-state index contributed by atoms with van der Waals surface area (Å²) in [5, 5.41) is 8.73. The third kappa shape index (κ3) is 2.16. The van der Waals surface area contributed by atoms with E-state index >= 15 is 0 Å².